The zero-order valence-corrected chi connectivity index (χ0v) is 9.36. The number of hydrogen-bond acceptors (Lipinski definition) is 4. The van der Waals surface area contributed by atoms with Crippen molar-refractivity contribution in [1.29, 1.82) is 0 Å². The molecule has 1 N–H and O–H groups in total. The minimum absolute atomic E-state index is 0.253. The van der Waals surface area contributed by atoms with Crippen molar-refractivity contribution < 1.29 is 9.63 Å². The third-order valence-corrected chi connectivity index (χ3v) is 3.25. The van der Waals surface area contributed by atoms with Crippen LogP contribution in [0.5, 0.6) is 0 Å². The van der Waals surface area contributed by atoms with E-state index in [-0.39, 0.29) is 6.61 Å². The van der Waals surface area contributed by atoms with Crippen LogP contribution in [0.4, 0.5) is 0 Å². The van der Waals surface area contributed by atoms with Gasteiger partial charge in [0.25, 0.3) is 0 Å². The molecule has 1 saturated heterocycles. The van der Waals surface area contributed by atoms with E-state index in [1.807, 2.05) is 13.8 Å². The van der Waals surface area contributed by atoms with E-state index in [2.05, 4.69) is 10.1 Å². The van der Waals surface area contributed by atoms with Gasteiger partial charge in [0.15, 0.2) is 0 Å². The van der Waals surface area contributed by atoms with Gasteiger partial charge in [-0.2, -0.15) is 0 Å². The van der Waals surface area contributed by atoms with Crippen molar-refractivity contribution in [3.05, 3.63) is 17.0 Å². The van der Waals surface area contributed by atoms with Crippen LogP contribution in [0.2, 0.25) is 0 Å². The Kier molecular flexibility index (Phi) is 3.07. The normalized spacial score (nSPS) is 22.5. The van der Waals surface area contributed by atoms with Gasteiger partial charge in [-0.15, -0.1) is 0 Å². The zero-order valence-electron chi connectivity index (χ0n) is 9.36. The van der Waals surface area contributed by atoms with Gasteiger partial charge < -0.3 is 9.63 Å². The van der Waals surface area contributed by atoms with Crippen LogP contribution >= 0.6 is 0 Å². The Morgan fingerprint density at radius 1 is 1.53 bits per heavy atom. The van der Waals surface area contributed by atoms with Crippen molar-refractivity contribution in [3.8, 4) is 0 Å². The molecular weight excluding hydrogens is 192 g/mol. The third-order valence-electron chi connectivity index (χ3n) is 3.25. The molecule has 0 radical (unpaired) electrons. The predicted octanol–water partition coefficient (Wildman–Crippen LogP) is 1.25. The Morgan fingerprint density at radius 2 is 2.33 bits per heavy atom. The second-order valence-corrected chi connectivity index (χ2v) is 4.25. The molecule has 15 heavy (non-hydrogen) atoms. The van der Waals surface area contributed by atoms with Gasteiger partial charge in [-0.25, -0.2) is 0 Å². The second kappa shape index (κ2) is 4.33. The molecule has 84 valence electrons. The molecule has 0 saturated carbocycles. The van der Waals surface area contributed by atoms with Crippen molar-refractivity contribution in [2.24, 2.45) is 0 Å². The largest absolute Gasteiger partial charge is 0.395 e. The fourth-order valence-electron chi connectivity index (χ4n) is 2.24. The van der Waals surface area contributed by atoms with E-state index in [9.17, 15) is 5.11 Å². The number of aryl methyl sites for hydroxylation is 2. The standard InChI is InChI=1S/C11H18N2O2/c1-8-11(9(2)15-12-8)6-13-5-3-4-10(13)7-14/h10,14H,3-7H2,1-2H3/t10-/m0/s1. The predicted molar refractivity (Wildman–Crippen MR) is 56.5 cm³/mol. The van der Waals surface area contributed by atoms with Crippen LogP contribution in [-0.2, 0) is 6.54 Å². The molecule has 1 aromatic heterocycles. The summed E-state index contributed by atoms with van der Waals surface area (Å²) < 4.78 is 5.14. The quantitative estimate of drug-likeness (QED) is 0.815. The third kappa shape index (κ3) is 2.06. The van der Waals surface area contributed by atoms with Gasteiger partial charge in [0.05, 0.1) is 12.3 Å². The highest BCUT2D eigenvalue weighted by Crippen LogP contribution is 2.22. The fraction of sp³-hybridized carbons (Fsp3) is 0.727. The van der Waals surface area contributed by atoms with Crippen LogP contribution in [0.1, 0.15) is 29.9 Å². The van der Waals surface area contributed by atoms with Gasteiger partial charge >= 0.3 is 0 Å². The lowest BCUT2D eigenvalue weighted by molar-refractivity contribution is 0.153. The first-order chi connectivity index (χ1) is 7.22. The maximum atomic E-state index is 9.22. The van der Waals surface area contributed by atoms with Crippen molar-refractivity contribution in [3.63, 3.8) is 0 Å². The first-order valence-corrected chi connectivity index (χ1v) is 5.49. The average Bonchev–Trinajstić information content (AvgIpc) is 2.79. The van der Waals surface area contributed by atoms with Gasteiger partial charge in [-0.05, 0) is 33.2 Å². The Hall–Kier alpha value is -0.870. The van der Waals surface area contributed by atoms with Crippen LogP contribution < -0.4 is 0 Å². The van der Waals surface area contributed by atoms with E-state index in [0.717, 1.165) is 31.0 Å². The molecule has 1 fully saturated rings. The Labute approximate surface area is 89.9 Å². The van der Waals surface area contributed by atoms with Crippen molar-refractivity contribution >= 4 is 0 Å². The topological polar surface area (TPSA) is 49.5 Å². The maximum Gasteiger partial charge on any atom is 0.138 e. The summed E-state index contributed by atoms with van der Waals surface area (Å²) in [6.07, 6.45) is 2.27. The molecule has 1 aliphatic heterocycles. The first-order valence-electron chi connectivity index (χ1n) is 5.49. The minimum Gasteiger partial charge on any atom is -0.395 e. The van der Waals surface area contributed by atoms with Gasteiger partial charge in [-0.3, -0.25) is 4.90 Å². The van der Waals surface area contributed by atoms with Crippen LogP contribution in [0.25, 0.3) is 0 Å². The molecule has 0 bridgehead atoms. The summed E-state index contributed by atoms with van der Waals surface area (Å²) in [6, 6.07) is 0.318. The summed E-state index contributed by atoms with van der Waals surface area (Å²) in [6.45, 7) is 6.08. The SMILES string of the molecule is Cc1noc(C)c1CN1CCC[C@H]1CO. The second-order valence-electron chi connectivity index (χ2n) is 4.25. The Morgan fingerprint density at radius 3 is 2.93 bits per heavy atom. The van der Waals surface area contributed by atoms with Gasteiger partial charge in [-0.1, -0.05) is 5.16 Å². The van der Waals surface area contributed by atoms with Crippen LogP contribution in [0.15, 0.2) is 4.52 Å². The Bertz CT molecular complexity index is 316. The van der Waals surface area contributed by atoms with E-state index in [1.54, 1.807) is 0 Å². The number of hydrogen-bond donors (Lipinski definition) is 1. The zero-order chi connectivity index (χ0) is 10.8. The number of aromatic nitrogens is 1. The molecule has 2 heterocycles. The monoisotopic (exact) mass is 210 g/mol. The van der Waals surface area contributed by atoms with E-state index in [0.29, 0.717) is 6.04 Å². The maximum absolute atomic E-state index is 9.22. The van der Waals surface area contributed by atoms with Gasteiger partial charge in [0, 0.05) is 18.2 Å². The smallest absolute Gasteiger partial charge is 0.138 e. The van der Waals surface area contributed by atoms with Crippen LogP contribution in [0, 0.1) is 13.8 Å². The van der Waals surface area contributed by atoms with E-state index in [1.165, 1.54) is 12.0 Å². The lowest BCUT2D eigenvalue weighted by Crippen LogP contribution is -2.31. The summed E-state index contributed by atoms with van der Waals surface area (Å²) >= 11 is 0. The molecule has 1 atom stereocenters. The van der Waals surface area contributed by atoms with E-state index < -0.39 is 0 Å². The lowest BCUT2D eigenvalue weighted by Gasteiger charge is -2.22. The molecule has 4 heteroatoms. The molecule has 0 aromatic carbocycles. The number of rotatable bonds is 3. The highest BCUT2D eigenvalue weighted by molar-refractivity contribution is 5.20. The van der Waals surface area contributed by atoms with Crippen LogP contribution in [0.3, 0.4) is 0 Å². The fourth-order valence-corrected chi connectivity index (χ4v) is 2.24. The van der Waals surface area contributed by atoms with E-state index in [4.69, 9.17) is 4.52 Å². The molecule has 4 nitrogen and oxygen atoms in total. The molecule has 1 aromatic rings. The summed E-state index contributed by atoms with van der Waals surface area (Å²) in [5, 5.41) is 13.2. The summed E-state index contributed by atoms with van der Waals surface area (Å²) in [7, 11) is 0. The van der Waals surface area contributed by atoms with E-state index >= 15 is 0 Å². The molecule has 0 spiro atoms. The Balaban J connectivity index is 2.08. The molecular formula is C11H18N2O2. The van der Waals surface area contributed by atoms with Gasteiger partial charge in [0.1, 0.15) is 5.76 Å². The molecule has 0 unspecified atom stereocenters. The van der Waals surface area contributed by atoms with Crippen molar-refractivity contribution in [1.82, 2.24) is 10.1 Å². The summed E-state index contributed by atoms with van der Waals surface area (Å²) in [4.78, 5) is 2.31. The highest BCUT2D eigenvalue weighted by Gasteiger charge is 2.25. The highest BCUT2D eigenvalue weighted by atomic mass is 16.5. The number of aliphatic hydroxyl groups excluding tert-OH is 1. The molecule has 1 aliphatic rings. The molecule has 0 aliphatic carbocycles. The average molecular weight is 210 g/mol. The first kappa shape index (κ1) is 10.6. The summed E-state index contributed by atoms with van der Waals surface area (Å²) in [5.74, 6) is 0.899. The number of likely N-dealkylation sites (tertiary alicyclic amines) is 1. The summed E-state index contributed by atoms with van der Waals surface area (Å²) in [5.41, 5.74) is 2.14. The molecule has 0 amide bonds. The van der Waals surface area contributed by atoms with Crippen molar-refractivity contribution in [2.45, 2.75) is 39.3 Å². The molecule has 2 rings (SSSR count). The van der Waals surface area contributed by atoms with Gasteiger partial charge in [0.2, 0.25) is 0 Å². The van der Waals surface area contributed by atoms with Crippen LogP contribution in [-0.4, -0.2) is 34.4 Å². The minimum atomic E-state index is 0.253. The number of aliphatic hydroxyl groups is 1. The number of nitrogens with zero attached hydrogens (tertiary/aromatic N) is 2. The van der Waals surface area contributed by atoms with Crippen molar-refractivity contribution in [2.75, 3.05) is 13.2 Å². The lowest BCUT2D eigenvalue weighted by atomic mass is 10.1.